The molecule has 0 aromatic carbocycles. The number of rotatable bonds is 1. The Balaban J connectivity index is 3.03. The van der Waals surface area contributed by atoms with Gasteiger partial charge in [0.05, 0.1) is 0 Å². The maximum absolute atomic E-state index is 12.3. The van der Waals surface area contributed by atoms with Crippen LogP contribution in [0.25, 0.3) is 0 Å². The Morgan fingerprint density at radius 1 is 1.08 bits per heavy atom. The SMILES string of the molecule is FC1=C(F)C(F)=C(N(F)F)NO1. The summed E-state index contributed by atoms with van der Waals surface area (Å²) < 4.78 is 59.5. The normalized spacial score (nSPS) is 17.4. The van der Waals surface area contributed by atoms with Crippen molar-refractivity contribution >= 4 is 0 Å². The number of hydrogen-bond acceptors (Lipinski definition) is 3. The van der Waals surface area contributed by atoms with Crippen LogP contribution in [0, 0.1) is 0 Å². The summed E-state index contributed by atoms with van der Waals surface area (Å²) in [5.41, 5.74) is 1.16. The number of allylic oxidation sites excluding steroid dienone is 2. The van der Waals surface area contributed by atoms with Gasteiger partial charge in [-0.25, -0.2) is 0 Å². The molecule has 1 heterocycles. The van der Waals surface area contributed by atoms with E-state index >= 15 is 0 Å². The fourth-order valence-electron chi connectivity index (χ4n) is 0.482. The van der Waals surface area contributed by atoms with Crippen LogP contribution in [0.1, 0.15) is 0 Å². The van der Waals surface area contributed by atoms with Crippen LogP contribution in [0.4, 0.5) is 22.1 Å². The molecule has 0 saturated carbocycles. The molecule has 0 aromatic heterocycles. The third-order valence-corrected chi connectivity index (χ3v) is 0.980. The van der Waals surface area contributed by atoms with Crippen molar-refractivity contribution in [3.63, 3.8) is 0 Å². The minimum atomic E-state index is -2.11. The molecule has 0 aliphatic carbocycles. The lowest BCUT2D eigenvalue weighted by Gasteiger charge is -2.15. The first-order valence-corrected chi connectivity index (χ1v) is 2.54. The second-order valence-electron chi connectivity index (χ2n) is 1.69. The van der Waals surface area contributed by atoms with Gasteiger partial charge >= 0.3 is 6.01 Å². The molecule has 12 heavy (non-hydrogen) atoms. The second-order valence-corrected chi connectivity index (χ2v) is 1.69. The topological polar surface area (TPSA) is 24.5 Å². The van der Waals surface area contributed by atoms with Crippen LogP contribution in [0.3, 0.4) is 0 Å². The van der Waals surface area contributed by atoms with E-state index in [2.05, 4.69) is 4.84 Å². The maximum Gasteiger partial charge on any atom is 0.340 e. The molecule has 0 spiro atoms. The Bertz CT molecular complexity index is 260. The molecule has 0 bridgehead atoms. The van der Waals surface area contributed by atoms with Crippen molar-refractivity contribution in [2.45, 2.75) is 0 Å². The zero-order chi connectivity index (χ0) is 9.30. The first kappa shape index (κ1) is 8.62. The van der Waals surface area contributed by atoms with E-state index in [1.807, 2.05) is 0 Å². The van der Waals surface area contributed by atoms with Gasteiger partial charge in [-0.05, 0) is 5.34 Å². The largest absolute Gasteiger partial charge is 0.346 e. The number of hydrogen-bond donors (Lipinski definition) is 1. The fraction of sp³-hybridized carbons (Fsp3) is 0. The summed E-state index contributed by atoms with van der Waals surface area (Å²) in [4.78, 5) is 3.50. The maximum atomic E-state index is 12.3. The summed E-state index contributed by atoms with van der Waals surface area (Å²) in [5.74, 6) is -5.75. The highest BCUT2D eigenvalue weighted by molar-refractivity contribution is 5.24. The van der Waals surface area contributed by atoms with Crippen LogP contribution in [-0.2, 0) is 4.84 Å². The highest BCUT2D eigenvalue weighted by Gasteiger charge is 2.28. The van der Waals surface area contributed by atoms with Gasteiger partial charge in [0, 0.05) is 0 Å². The van der Waals surface area contributed by atoms with Crippen molar-refractivity contribution in [1.29, 1.82) is 0 Å². The number of halogens is 5. The molecule has 0 fully saturated rings. The highest BCUT2D eigenvalue weighted by Crippen LogP contribution is 2.27. The number of nitrogens with one attached hydrogen (secondary N) is 1. The lowest BCUT2D eigenvalue weighted by Crippen LogP contribution is -2.25. The van der Waals surface area contributed by atoms with Gasteiger partial charge in [0.1, 0.15) is 0 Å². The molecule has 0 radical (unpaired) electrons. The van der Waals surface area contributed by atoms with Gasteiger partial charge < -0.3 is 4.84 Å². The van der Waals surface area contributed by atoms with E-state index in [4.69, 9.17) is 0 Å². The van der Waals surface area contributed by atoms with Crippen LogP contribution in [0.2, 0.25) is 0 Å². The third-order valence-electron chi connectivity index (χ3n) is 0.980. The number of nitrogens with zero attached hydrogens (tertiary/aromatic N) is 1. The molecule has 1 N–H and O–H groups in total. The van der Waals surface area contributed by atoms with Crippen molar-refractivity contribution in [2.24, 2.45) is 0 Å². The standard InChI is InChI=1S/C4HF5N2O/c5-1-2(6)4(11(8)9)10-12-3(1)7/h10H. The van der Waals surface area contributed by atoms with E-state index in [1.54, 1.807) is 0 Å². The lowest BCUT2D eigenvalue weighted by atomic mass is 10.4. The molecule has 0 saturated heterocycles. The smallest absolute Gasteiger partial charge is 0.340 e. The molecule has 8 heteroatoms. The van der Waals surface area contributed by atoms with E-state index in [9.17, 15) is 22.1 Å². The second kappa shape index (κ2) is 2.88. The third kappa shape index (κ3) is 1.27. The summed E-state index contributed by atoms with van der Waals surface area (Å²) in [6, 6.07) is -1.93. The van der Waals surface area contributed by atoms with E-state index in [0.717, 1.165) is 5.48 Å². The van der Waals surface area contributed by atoms with Crippen molar-refractivity contribution in [2.75, 3.05) is 0 Å². The molecule has 68 valence electrons. The Kier molecular flexibility index (Phi) is 2.07. The zero-order valence-corrected chi connectivity index (χ0v) is 5.25. The van der Waals surface area contributed by atoms with Crippen LogP contribution in [-0.4, -0.2) is 5.34 Å². The van der Waals surface area contributed by atoms with Crippen LogP contribution in [0.5, 0.6) is 0 Å². The van der Waals surface area contributed by atoms with Crippen molar-refractivity contribution in [3.05, 3.63) is 23.5 Å². The van der Waals surface area contributed by atoms with Gasteiger partial charge in [-0.3, -0.25) is 0 Å². The summed E-state index contributed by atoms with van der Waals surface area (Å²) in [6.45, 7) is 0. The predicted octanol–water partition coefficient (Wildman–Crippen LogP) is 1.84. The molecule has 0 aromatic rings. The highest BCUT2D eigenvalue weighted by atomic mass is 19.4. The first-order valence-electron chi connectivity index (χ1n) is 2.54. The van der Waals surface area contributed by atoms with Gasteiger partial charge in [-0.1, -0.05) is 8.96 Å². The molecule has 1 aliphatic heterocycles. The quantitative estimate of drug-likeness (QED) is 0.501. The summed E-state index contributed by atoms with van der Waals surface area (Å²) in [7, 11) is 0. The van der Waals surface area contributed by atoms with Gasteiger partial charge in [0.2, 0.25) is 17.5 Å². The Labute approximate surface area is 62.5 Å². The van der Waals surface area contributed by atoms with Crippen LogP contribution in [0.15, 0.2) is 23.5 Å². The molecular formula is C4HF5N2O. The minimum absolute atomic E-state index is 1.16. The molecule has 3 nitrogen and oxygen atoms in total. The van der Waals surface area contributed by atoms with Gasteiger partial charge in [-0.2, -0.15) is 18.7 Å². The summed E-state index contributed by atoms with van der Waals surface area (Å²) in [6.07, 6.45) is 0. The molecule has 0 unspecified atom stereocenters. The fourth-order valence-corrected chi connectivity index (χ4v) is 0.482. The lowest BCUT2D eigenvalue weighted by molar-refractivity contribution is -0.147. The predicted molar refractivity (Wildman–Crippen MR) is 25.7 cm³/mol. The molecule has 0 amide bonds. The number of hydroxylamine groups is 1. The van der Waals surface area contributed by atoms with Crippen LogP contribution >= 0.6 is 0 Å². The van der Waals surface area contributed by atoms with E-state index in [0.29, 0.717) is 0 Å². The van der Waals surface area contributed by atoms with Gasteiger partial charge in [-0.15, -0.1) is 0 Å². The van der Waals surface area contributed by atoms with Crippen molar-refractivity contribution < 1.29 is 27.0 Å². The first-order chi connectivity index (χ1) is 5.54. The Hall–Kier alpha value is -1.47. The van der Waals surface area contributed by atoms with Gasteiger partial charge in [0.25, 0.3) is 0 Å². The molecule has 1 aliphatic rings. The minimum Gasteiger partial charge on any atom is -0.346 e. The van der Waals surface area contributed by atoms with Crippen molar-refractivity contribution in [3.8, 4) is 0 Å². The zero-order valence-electron chi connectivity index (χ0n) is 5.25. The van der Waals surface area contributed by atoms with E-state index in [-0.39, 0.29) is 0 Å². The molecule has 0 atom stereocenters. The molecule has 1 rings (SSSR count). The molecular weight excluding hydrogens is 187 g/mol. The summed E-state index contributed by atoms with van der Waals surface area (Å²) in [5, 5.41) is -1.78. The average Bonchev–Trinajstić information content (AvgIpc) is 2.00. The average molecular weight is 188 g/mol. The van der Waals surface area contributed by atoms with Crippen LogP contribution < -0.4 is 5.48 Å². The van der Waals surface area contributed by atoms with E-state index in [1.165, 1.54) is 0 Å². The van der Waals surface area contributed by atoms with E-state index < -0.39 is 28.8 Å². The summed E-state index contributed by atoms with van der Waals surface area (Å²) >= 11 is 0. The van der Waals surface area contributed by atoms with Gasteiger partial charge in [0.15, 0.2) is 0 Å². The Morgan fingerprint density at radius 3 is 2.17 bits per heavy atom. The monoisotopic (exact) mass is 188 g/mol. The van der Waals surface area contributed by atoms with Crippen molar-refractivity contribution in [1.82, 2.24) is 10.8 Å². The Morgan fingerprint density at radius 2 is 1.67 bits per heavy atom.